The molecular weight excluding hydrogens is 300 g/mol. The first kappa shape index (κ1) is 15.5. The Labute approximate surface area is 136 Å². The van der Waals surface area contributed by atoms with Crippen LogP contribution in [-0.2, 0) is 4.74 Å². The van der Waals surface area contributed by atoms with E-state index in [0.29, 0.717) is 17.0 Å². The molecule has 0 spiro atoms. The Morgan fingerprint density at radius 2 is 2.18 bits per heavy atom. The molecule has 5 nitrogen and oxygen atoms in total. The summed E-state index contributed by atoms with van der Waals surface area (Å²) in [4.78, 5) is 6.79. The molecule has 0 aromatic carbocycles. The van der Waals surface area contributed by atoms with Crippen molar-refractivity contribution in [2.24, 2.45) is 5.92 Å². The van der Waals surface area contributed by atoms with Crippen LogP contribution in [0, 0.1) is 17.2 Å². The number of halogens is 1. The van der Waals surface area contributed by atoms with Crippen LogP contribution in [0.4, 0.5) is 5.82 Å². The Balaban J connectivity index is 1.48. The first-order valence-corrected chi connectivity index (χ1v) is 8.25. The second kappa shape index (κ2) is 7.28. The molecular formula is C16H21ClN4O. The molecule has 3 heterocycles. The van der Waals surface area contributed by atoms with Gasteiger partial charge in [0, 0.05) is 32.3 Å². The lowest BCUT2D eigenvalue weighted by Gasteiger charge is -2.33. The average Bonchev–Trinajstić information content (AvgIpc) is 3.04. The highest BCUT2D eigenvalue weighted by Crippen LogP contribution is 2.21. The van der Waals surface area contributed by atoms with Gasteiger partial charge in [-0.15, -0.1) is 0 Å². The number of likely N-dealkylation sites (tertiary alicyclic amines) is 1. The van der Waals surface area contributed by atoms with E-state index >= 15 is 0 Å². The fraction of sp³-hybridized carbons (Fsp3) is 0.625. The van der Waals surface area contributed by atoms with E-state index in [0.717, 1.165) is 51.5 Å². The number of hydrogen-bond donors (Lipinski definition) is 1. The Bertz CT molecular complexity index is 546. The molecule has 1 aromatic rings. The third-order valence-corrected chi connectivity index (χ3v) is 4.74. The van der Waals surface area contributed by atoms with E-state index in [4.69, 9.17) is 21.6 Å². The fourth-order valence-corrected chi connectivity index (χ4v) is 3.31. The van der Waals surface area contributed by atoms with Gasteiger partial charge < -0.3 is 15.0 Å². The van der Waals surface area contributed by atoms with Crippen LogP contribution in [0.5, 0.6) is 0 Å². The van der Waals surface area contributed by atoms with Crippen molar-refractivity contribution >= 4 is 17.4 Å². The number of aromatic nitrogens is 1. The van der Waals surface area contributed by atoms with E-state index in [1.807, 2.05) is 12.1 Å². The number of hydrogen-bond acceptors (Lipinski definition) is 5. The maximum absolute atomic E-state index is 8.98. The third kappa shape index (κ3) is 3.89. The second-order valence-electron chi connectivity index (χ2n) is 6.09. The standard InChI is InChI=1S/C16H21ClN4O/c17-14-1-2-16(20-15(14)9-18)19-13-3-6-21(7-4-13)10-12-5-8-22-11-12/h1-2,12-13H,3-8,10-11H2,(H,19,20). The van der Waals surface area contributed by atoms with Gasteiger partial charge in [0.05, 0.1) is 11.6 Å². The van der Waals surface area contributed by atoms with Crippen molar-refractivity contribution in [2.45, 2.75) is 25.3 Å². The van der Waals surface area contributed by atoms with Crippen molar-refractivity contribution < 1.29 is 4.74 Å². The first-order chi connectivity index (χ1) is 10.7. The molecule has 6 heteroatoms. The van der Waals surface area contributed by atoms with Crippen molar-refractivity contribution in [3.8, 4) is 6.07 Å². The van der Waals surface area contributed by atoms with Gasteiger partial charge in [-0.3, -0.25) is 0 Å². The van der Waals surface area contributed by atoms with Crippen molar-refractivity contribution in [3.63, 3.8) is 0 Å². The molecule has 0 bridgehead atoms. The summed E-state index contributed by atoms with van der Waals surface area (Å²) in [6, 6.07) is 6.00. The average molecular weight is 321 g/mol. The molecule has 0 amide bonds. The molecule has 1 unspecified atom stereocenters. The summed E-state index contributed by atoms with van der Waals surface area (Å²) in [5.41, 5.74) is 0.283. The SMILES string of the molecule is N#Cc1nc(NC2CCN(CC3CCOC3)CC2)ccc1Cl. The minimum absolute atomic E-state index is 0.283. The first-order valence-electron chi connectivity index (χ1n) is 7.88. The van der Waals surface area contributed by atoms with Crippen LogP contribution in [0.25, 0.3) is 0 Å². The highest BCUT2D eigenvalue weighted by molar-refractivity contribution is 6.31. The van der Waals surface area contributed by atoms with Crippen molar-refractivity contribution in [2.75, 3.05) is 38.2 Å². The largest absolute Gasteiger partial charge is 0.381 e. The van der Waals surface area contributed by atoms with E-state index in [9.17, 15) is 0 Å². The van der Waals surface area contributed by atoms with E-state index < -0.39 is 0 Å². The van der Waals surface area contributed by atoms with Crippen LogP contribution in [0.3, 0.4) is 0 Å². The van der Waals surface area contributed by atoms with Crippen molar-refractivity contribution in [1.29, 1.82) is 5.26 Å². The summed E-state index contributed by atoms with van der Waals surface area (Å²) in [5, 5.41) is 12.8. The van der Waals surface area contributed by atoms with E-state index in [1.165, 1.54) is 6.42 Å². The maximum atomic E-state index is 8.98. The molecule has 2 aliphatic heterocycles. The quantitative estimate of drug-likeness (QED) is 0.923. The van der Waals surface area contributed by atoms with Crippen LogP contribution >= 0.6 is 11.6 Å². The summed E-state index contributed by atoms with van der Waals surface area (Å²) < 4.78 is 5.45. The van der Waals surface area contributed by atoms with Gasteiger partial charge in [0.2, 0.25) is 0 Å². The number of nitriles is 1. The van der Waals surface area contributed by atoms with Crippen LogP contribution in [0.1, 0.15) is 25.0 Å². The molecule has 22 heavy (non-hydrogen) atoms. The summed E-state index contributed by atoms with van der Waals surface area (Å²) >= 11 is 5.91. The normalized spacial score (nSPS) is 23.4. The smallest absolute Gasteiger partial charge is 0.161 e. The molecule has 0 radical (unpaired) electrons. The number of pyridine rings is 1. The lowest BCUT2D eigenvalue weighted by atomic mass is 10.0. The zero-order valence-electron chi connectivity index (χ0n) is 12.6. The molecule has 0 aliphatic carbocycles. The number of nitrogens with one attached hydrogen (secondary N) is 1. The van der Waals surface area contributed by atoms with Crippen LogP contribution in [-0.4, -0.2) is 48.8 Å². The van der Waals surface area contributed by atoms with Gasteiger partial charge in [0.25, 0.3) is 0 Å². The van der Waals surface area contributed by atoms with Gasteiger partial charge in [0.15, 0.2) is 5.69 Å². The highest BCUT2D eigenvalue weighted by atomic mass is 35.5. The van der Waals surface area contributed by atoms with Gasteiger partial charge >= 0.3 is 0 Å². The lowest BCUT2D eigenvalue weighted by molar-refractivity contribution is 0.154. The van der Waals surface area contributed by atoms with Crippen molar-refractivity contribution in [1.82, 2.24) is 9.88 Å². The summed E-state index contributed by atoms with van der Waals surface area (Å²) in [6.07, 6.45) is 3.39. The summed E-state index contributed by atoms with van der Waals surface area (Å²) in [5.74, 6) is 1.45. The summed E-state index contributed by atoms with van der Waals surface area (Å²) in [7, 11) is 0. The molecule has 3 rings (SSSR count). The number of nitrogens with zero attached hydrogens (tertiary/aromatic N) is 3. The molecule has 2 fully saturated rings. The van der Waals surface area contributed by atoms with Gasteiger partial charge in [-0.1, -0.05) is 11.6 Å². The number of anilines is 1. The minimum atomic E-state index is 0.283. The van der Waals surface area contributed by atoms with Gasteiger partial charge in [-0.05, 0) is 37.3 Å². The Morgan fingerprint density at radius 1 is 1.36 bits per heavy atom. The molecule has 1 aromatic heterocycles. The van der Waals surface area contributed by atoms with E-state index in [2.05, 4.69) is 15.2 Å². The van der Waals surface area contributed by atoms with E-state index in [1.54, 1.807) is 6.07 Å². The topological polar surface area (TPSA) is 61.2 Å². The van der Waals surface area contributed by atoms with Crippen LogP contribution in [0.15, 0.2) is 12.1 Å². The van der Waals surface area contributed by atoms with Gasteiger partial charge in [-0.25, -0.2) is 4.98 Å². The van der Waals surface area contributed by atoms with Crippen LogP contribution in [0.2, 0.25) is 5.02 Å². The van der Waals surface area contributed by atoms with Gasteiger partial charge in [-0.2, -0.15) is 5.26 Å². The molecule has 1 atom stereocenters. The minimum Gasteiger partial charge on any atom is -0.381 e. The highest BCUT2D eigenvalue weighted by Gasteiger charge is 2.24. The molecule has 118 valence electrons. The number of ether oxygens (including phenoxy) is 1. The van der Waals surface area contributed by atoms with Crippen LogP contribution < -0.4 is 5.32 Å². The fourth-order valence-electron chi connectivity index (χ4n) is 3.16. The maximum Gasteiger partial charge on any atom is 0.161 e. The second-order valence-corrected chi connectivity index (χ2v) is 6.49. The molecule has 2 aliphatic rings. The summed E-state index contributed by atoms with van der Waals surface area (Å²) in [6.45, 7) is 5.21. The molecule has 0 saturated carbocycles. The zero-order chi connectivity index (χ0) is 15.4. The molecule has 2 saturated heterocycles. The van der Waals surface area contributed by atoms with E-state index in [-0.39, 0.29) is 5.69 Å². The lowest BCUT2D eigenvalue weighted by Crippen LogP contribution is -2.41. The number of piperidine rings is 1. The zero-order valence-corrected chi connectivity index (χ0v) is 13.4. The predicted molar refractivity (Wildman–Crippen MR) is 86.0 cm³/mol. The monoisotopic (exact) mass is 320 g/mol. The number of rotatable bonds is 4. The third-order valence-electron chi connectivity index (χ3n) is 4.43. The van der Waals surface area contributed by atoms with Gasteiger partial charge in [0.1, 0.15) is 11.9 Å². The molecule has 1 N–H and O–H groups in total. The Morgan fingerprint density at radius 3 is 2.86 bits per heavy atom. The Kier molecular flexibility index (Phi) is 5.14. The Hall–Kier alpha value is -1.35. The predicted octanol–water partition coefficient (Wildman–Crippen LogP) is 2.52. The van der Waals surface area contributed by atoms with Crippen molar-refractivity contribution in [3.05, 3.63) is 22.8 Å².